The van der Waals surface area contributed by atoms with Crippen molar-refractivity contribution < 1.29 is 9.53 Å². The zero-order chi connectivity index (χ0) is 14.9. The first-order valence-electron chi connectivity index (χ1n) is 6.90. The normalized spacial score (nSPS) is 11.2. The van der Waals surface area contributed by atoms with Gasteiger partial charge < -0.3 is 14.5 Å². The number of rotatable bonds is 7. The smallest absolute Gasteiger partial charge is 0.410 e. The van der Waals surface area contributed by atoms with Crippen LogP contribution in [0.2, 0.25) is 0 Å². The molecule has 0 N–H and O–H groups in total. The van der Waals surface area contributed by atoms with Crippen LogP contribution in [0.3, 0.4) is 0 Å². The highest BCUT2D eigenvalue weighted by Crippen LogP contribution is 2.09. The molecule has 0 aromatic rings. The van der Waals surface area contributed by atoms with Gasteiger partial charge in [0.05, 0.1) is 0 Å². The Morgan fingerprint density at radius 3 is 2.37 bits per heavy atom. The van der Waals surface area contributed by atoms with Gasteiger partial charge in [-0.2, -0.15) is 0 Å². The summed E-state index contributed by atoms with van der Waals surface area (Å²) in [5.41, 5.74) is -0.442. The van der Waals surface area contributed by atoms with Crippen LogP contribution in [0.1, 0.15) is 40.5 Å². The molecule has 4 heteroatoms. The van der Waals surface area contributed by atoms with Crippen molar-refractivity contribution in [3.63, 3.8) is 0 Å². The zero-order valence-corrected chi connectivity index (χ0v) is 13.0. The monoisotopic (exact) mass is 268 g/mol. The molecule has 0 spiro atoms. The van der Waals surface area contributed by atoms with E-state index in [0.29, 0.717) is 6.54 Å². The van der Waals surface area contributed by atoms with Crippen molar-refractivity contribution in [1.82, 2.24) is 9.80 Å². The second-order valence-corrected chi connectivity index (χ2v) is 5.64. The second kappa shape index (κ2) is 8.82. The first kappa shape index (κ1) is 17.8. The van der Waals surface area contributed by atoms with Gasteiger partial charge in [0.15, 0.2) is 0 Å². The molecule has 0 radical (unpaired) electrons. The van der Waals surface area contributed by atoms with Crippen LogP contribution < -0.4 is 0 Å². The van der Waals surface area contributed by atoms with E-state index in [9.17, 15) is 4.79 Å². The molecule has 0 aliphatic heterocycles. The molecule has 0 saturated heterocycles. The molecule has 4 nitrogen and oxygen atoms in total. The quantitative estimate of drug-likeness (QED) is 0.525. The summed E-state index contributed by atoms with van der Waals surface area (Å²) in [7, 11) is 1.77. The number of carbonyl (C=O) groups excluding carboxylic acids is 1. The van der Waals surface area contributed by atoms with Crippen molar-refractivity contribution in [2.75, 3.05) is 33.2 Å². The summed E-state index contributed by atoms with van der Waals surface area (Å²) in [4.78, 5) is 15.7. The van der Waals surface area contributed by atoms with Gasteiger partial charge in [0.25, 0.3) is 0 Å². The van der Waals surface area contributed by atoms with Gasteiger partial charge in [-0.15, -0.1) is 12.3 Å². The van der Waals surface area contributed by atoms with E-state index in [0.717, 1.165) is 32.5 Å². The molecule has 0 aromatic heterocycles. The molecule has 0 atom stereocenters. The first-order valence-corrected chi connectivity index (χ1v) is 6.90. The number of unbranched alkanes of at least 4 members (excludes halogenated alkanes) is 1. The Morgan fingerprint density at radius 1 is 1.26 bits per heavy atom. The third kappa shape index (κ3) is 9.38. The maximum Gasteiger partial charge on any atom is 0.410 e. The van der Waals surface area contributed by atoms with E-state index in [1.54, 1.807) is 11.9 Å². The van der Waals surface area contributed by atoms with Crippen LogP contribution in [0.15, 0.2) is 0 Å². The number of ether oxygens (including phenoxy) is 1. The number of nitrogens with zero attached hydrogens (tertiary/aromatic N) is 2. The Balaban J connectivity index is 4.01. The highest BCUT2D eigenvalue weighted by atomic mass is 16.6. The number of carbonyl (C=O) groups is 1. The number of hydrogen-bond acceptors (Lipinski definition) is 3. The maximum absolute atomic E-state index is 11.8. The highest BCUT2D eigenvalue weighted by Gasteiger charge is 2.19. The molecule has 110 valence electrons. The van der Waals surface area contributed by atoms with E-state index in [2.05, 4.69) is 17.7 Å². The molecule has 0 bridgehead atoms. The summed E-state index contributed by atoms with van der Waals surface area (Å²) in [6.45, 7) is 11.2. The average Bonchev–Trinajstić information content (AvgIpc) is 2.31. The van der Waals surface area contributed by atoms with Gasteiger partial charge in [-0.25, -0.2) is 4.79 Å². The molecule has 0 aliphatic carbocycles. The molecule has 19 heavy (non-hydrogen) atoms. The fourth-order valence-corrected chi connectivity index (χ4v) is 1.56. The van der Waals surface area contributed by atoms with Crippen molar-refractivity contribution in [1.29, 1.82) is 0 Å². The molecule has 0 fully saturated rings. The van der Waals surface area contributed by atoms with Gasteiger partial charge in [0.2, 0.25) is 0 Å². The fourth-order valence-electron chi connectivity index (χ4n) is 1.56. The minimum Gasteiger partial charge on any atom is -0.444 e. The second-order valence-electron chi connectivity index (χ2n) is 5.64. The van der Waals surface area contributed by atoms with Crippen molar-refractivity contribution in [2.24, 2.45) is 0 Å². The summed E-state index contributed by atoms with van der Waals surface area (Å²) in [6, 6.07) is 0. The van der Waals surface area contributed by atoms with E-state index in [1.807, 2.05) is 20.8 Å². The summed E-state index contributed by atoms with van der Waals surface area (Å²) in [6.07, 6.45) is 6.77. The van der Waals surface area contributed by atoms with Gasteiger partial charge in [-0.3, -0.25) is 0 Å². The van der Waals surface area contributed by atoms with Crippen LogP contribution >= 0.6 is 0 Å². The average molecular weight is 268 g/mol. The molecular weight excluding hydrogens is 240 g/mol. The first-order chi connectivity index (χ1) is 8.80. The lowest BCUT2D eigenvalue weighted by Gasteiger charge is -2.27. The van der Waals surface area contributed by atoms with Gasteiger partial charge in [0, 0.05) is 26.6 Å². The van der Waals surface area contributed by atoms with Crippen LogP contribution in [0.4, 0.5) is 4.79 Å². The minimum absolute atomic E-state index is 0.271. The van der Waals surface area contributed by atoms with E-state index in [4.69, 9.17) is 11.2 Å². The Kier molecular flexibility index (Phi) is 8.26. The van der Waals surface area contributed by atoms with Gasteiger partial charge >= 0.3 is 6.09 Å². The topological polar surface area (TPSA) is 32.8 Å². The van der Waals surface area contributed by atoms with Crippen LogP contribution in [0, 0.1) is 12.3 Å². The maximum atomic E-state index is 11.8. The molecule has 0 aromatic carbocycles. The number of hydrogen-bond donors (Lipinski definition) is 0. The molecule has 1 amide bonds. The van der Waals surface area contributed by atoms with E-state index in [1.165, 1.54) is 0 Å². The third-order valence-electron chi connectivity index (χ3n) is 2.70. The van der Waals surface area contributed by atoms with E-state index in [-0.39, 0.29) is 6.09 Å². The van der Waals surface area contributed by atoms with Gasteiger partial charge in [0.1, 0.15) is 5.60 Å². The molecule has 0 heterocycles. The molecule has 0 unspecified atom stereocenters. The minimum atomic E-state index is -0.442. The van der Waals surface area contributed by atoms with E-state index >= 15 is 0 Å². The molecule has 0 saturated carbocycles. The van der Waals surface area contributed by atoms with Gasteiger partial charge in [-0.05, 0) is 40.3 Å². The largest absolute Gasteiger partial charge is 0.444 e. The van der Waals surface area contributed by atoms with Crippen LogP contribution in [-0.2, 0) is 4.74 Å². The zero-order valence-electron chi connectivity index (χ0n) is 13.0. The number of terminal acetylenes is 1. The summed E-state index contributed by atoms with van der Waals surface area (Å²) < 4.78 is 5.31. The Hall–Kier alpha value is -1.21. The number of likely N-dealkylation sites (N-methyl/N-ethyl adjacent to an activating group) is 2. The Bertz CT molecular complexity index is 302. The summed E-state index contributed by atoms with van der Waals surface area (Å²) in [5.74, 6) is 2.64. The summed E-state index contributed by atoms with van der Waals surface area (Å²) >= 11 is 0. The van der Waals surface area contributed by atoms with E-state index < -0.39 is 5.60 Å². The molecule has 0 rings (SSSR count). The lowest BCUT2D eigenvalue weighted by Crippen LogP contribution is -2.39. The standard InChI is InChI=1S/C15H28N2O2/c1-7-9-10-11-17(8-2)13-12-16(6)14(18)19-15(3,4)5/h1H,8-13H2,2-6H3. The lowest BCUT2D eigenvalue weighted by atomic mass is 10.2. The Labute approximate surface area is 118 Å². The highest BCUT2D eigenvalue weighted by molar-refractivity contribution is 5.67. The van der Waals surface area contributed by atoms with Crippen molar-refractivity contribution in [2.45, 2.75) is 46.1 Å². The van der Waals surface area contributed by atoms with Crippen LogP contribution in [0.5, 0.6) is 0 Å². The predicted octanol–water partition coefficient (Wildman–Crippen LogP) is 2.59. The van der Waals surface area contributed by atoms with Gasteiger partial charge in [-0.1, -0.05) is 6.92 Å². The van der Waals surface area contributed by atoms with Crippen LogP contribution in [0.25, 0.3) is 0 Å². The summed E-state index contributed by atoms with van der Waals surface area (Å²) in [5, 5.41) is 0. The predicted molar refractivity (Wildman–Crippen MR) is 79.0 cm³/mol. The number of amides is 1. The molecular formula is C15H28N2O2. The molecule has 0 aliphatic rings. The fraction of sp³-hybridized carbons (Fsp3) is 0.800. The van der Waals surface area contributed by atoms with Crippen LogP contribution in [-0.4, -0.2) is 54.7 Å². The lowest BCUT2D eigenvalue weighted by molar-refractivity contribution is 0.0284. The van der Waals surface area contributed by atoms with Crippen molar-refractivity contribution in [3.8, 4) is 12.3 Å². The Morgan fingerprint density at radius 2 is 1.89 bits per heavy atom. The third-order valence-corrected chi connectivity index (χ3v) is 2.70. The van der Waals surface area contributed by atoms with Crippen molar-refractivity contribution in [3.05, 3.63) is 0 Å². The van der Waals surface area contributed by atoms with Crippen molar-refractivity contribution >= 4 is 6.09 Å². The SMILES string of the molecule is C#CCCCN(CC)CCN(C)C(=O)OC(C)(C)C.